The smallest absolute Gasteiger partial charge is 0.371 e. The Morgan fingerprint density at radius 1 is 1.25 bits per heavy atom. The number of rotatable bonds is 3. The number of aromatic nitrogens is 2. The largest absolute Gasteiger partial charge is 0.475 e. The van der Waals surface area contributed by atoms with Gasteiger partial charge >= 0.3 is 5.97 Å². The molecule has 0 spiro atoms. The highest BCUT2D eigenvalue weighted by Crippen LogP contribution is 2.60. The Morgan fingerprint density at radius 2 is 1.96 bits per heavy atom. The molecule has 124 valence electrons. The molecule has 1 heterocycles. The zero-order chi connectivity index (χ0) is 17.1. The molecule has 1 aromatic heterocycles. The third kappa shape index (κ3) is 2.13. The first-order valence-corrected chi connectivity index (χ1v) is 8.43. The van der Waals surface area contributed by atoms with Crippen LogP contribution < -0.4 is 0 Å². The van der Waals surface area contributed by atoms with E-state index in [1.807, 2.05) is 6.08 Å². The van der Waals surface area contributed by atoms with Gasteiger partial charge in [-0.25, -0.2) is 9.78 Å². The fourth-order valence-electron chi connectivity index (χ4n) is 4.70. The summed E-state index contributed by atoms with van der Waals surface area (Å²) in [5.74, 6) is -1.07. The molecule has 4 rings (SSSR count). The topological polar surface area (TPSA) is 66.0 Å². The Hall–Kier alpha value is -2.36. The average molecular weight is 322 g/mol. The van der Waals surface area contributed by atoms with Crippen molar-refractivity contribution in [3.8, 4) is 0 Å². The second-order valence-electron chi connectivity index (χ2n) is 7.88. The van der Waals surface area contributed by atoms with E-state index in [1.54, 1.807) is 6.20 Å². The summed E-state index contributed by atoms with van der Waals surface area (Å²) in [5.41, 5.74) is 6.68. The van der Waals surface area contributed by atoms with E-state index in [4.69, 9.17) is 5.11 Å². The van der Waals surface area contributed by atoms with E-state index in [2.05, 4.69) is 48.9 Å². The lowest BCUT2D eigenvalue weighted by Crippen LogP contribution is -2.18. The SMILES string of the molecule is C/C(=C\c1cnc(C(=O)O)[nH]1)c1ccc2c(c1)C1(C)CCC2(C)C1. The highest BCUT2D eigenvalue weighted by molar-refractivity contribution is 5.85. The number of allylic oxidation sites excluding steroid dienone is 1. The molecule has 0 amide bonds. The van der Waals surface area contributed by atoms with E-state index in [0.717, 1.165) is 5.57 Å². The van der Waals surface area contributed by atoms with E-state index in [1.165, 1.54) is 36.0 Å². The molecule has 1 fully saturated rings. The Balaban J connectivity index is 1.70. The number of nitrogens with zero attached hydrogens (tertiary/aromatic N) is 1. The van der Waals surface area contributed by atoms with Gasteiger partial charge in [0.15, 0.2) is 0 Å². The maximum absolute atomic E-state index is 10.9. The maximum Gasteiger partial charge on any atom is 0.371 e. The first kappa shape index (κ1) is 15.2. The van der Waals surface area contributed by atoms with Gasteiger partial charge in [-0.1, -0.05) is 32.0 Å². The van der Waals surface area contributed by atoms with Gasteiger partial charge < -0.3 is 10.1 Å². The van der Waals surface area contributed by atoms with E-state index in [-0.39, 0.29) is 5.82 Å². The molecule has 24 heavy (non-hydrogen) atoms. The molecule has 1 aromatic carbocycles. The molecule has 0 radical (unpaired) electrons. The number of carbonyl (C=O) groups is 1. The minimum absolute atomic E-state index is 0.0271. The predicted octanol–water partition coefficient (Wildman–Crippen LogP) is 4.38. The monoisotopic (exact) mass is 322 g/mol. The average Bonchev–Trinajstić information content (AvgIpc) is 3.18. The van der Waals surface area contributed by atoms with Crippen molar-refractivity contribution in [2.24, 2.45) is 0 Å². The summed E-state index contributed by atoms with van der Waals surface area (Å²) in [4.78, 5) is 17.6. The van der Waals surface area contributed by atoms with Crippen LogP contribution in [0.15, 0.2) is 24.4 Å². The van der Waals surface area contributed by atoms with Crippen molar-refractivity contribution in [3.63, 3.8) is 0 Å². The molecular formula is C20H22N2O2. The van der Waals surface area contributed by atoms with Gasteiger partial charge in [0, 0.05) is 0 Å². The van der Waals surface area contributed by atoms with Gasteiger partial charge in [-0.15, -0.1) is 0 Å². The number of imidazole rings is 1. The van der Waals surface area contributed by atoms with Crippen LogP contribution in [0.2, 0.25) is 0 Å². The van der Waals surface area contributed by atoms with Crippen LogP contribution in [-0.2, 0) is 10.8 Å². The van der Waals surface area contributed by atoms with Crippen LogP contribution in [-0.4, -0.2) is 21.0 Å². The number of nitrogens with one attached hydrogen (secondary N) is 1. The first-order chi connectivity index (χ1) is 11.3. The van der Waals surface area contributed by atoms with Crippen molar-refractivity contribution < 1.29 is 9.90 Å². The molecule has 2 atom stereocenters. The van der Waals surface area contributed by atoms with Crippen molar-refractivity contribution in [3.05, 3.63) is 52.6 Å². The van der Waals surface area contributed by atoms with Crippen LogP contribution in [0.5, 0.6) is 0 Å². The number of hydrogen-bond acceptors (Lipinski definition) is 2. The van der Waals surface area contributed by atoms with Gasteiger partial charge in [0.2, 0.25) is 5.82 Å². The molecule has 2 aliphatic rings. The van der Waals surface area contributed by atoms with Crippen LogP contribution in [0.25, 0.3) is 11.6 Å². The summed E-state index contributed by atoms with van der Waals surface area (Å²) in [7, 11) is 0. The summed E-state index contributed by atoms with van der Waals surface area (Å²) in [5, 5.41) is 8.95. The fourth-order valence-corrected chi connectivity index (χ4v) is 4.70. The summed E-state index contributed by atoms with van der Waals surface area (Å²) >= 11 is 0. The number of hydrogen-bond donors (Lipinski definition) is 2. The normalized spacial score (nSPS) is 28.2. The number of carboxylic acids is 1. The summed E-state index contributed by atoms with van der Waals surface area (Å²) in [6.45, 7) is 6.84. The van der Waals surface area contributed by atoms with Crippen LogP contribution in [0.4, 0.5) is 0 Å². The van der Waals surface area contributed by atoms with Crippen LogP contribution in [0.3, 0.4) is 0 Å². The molecule has 2 N–H and O–H groups in total. The zero-order valence-corrected chi connectivity index (χ0v) is 14.3. The van der Waals surface area contributed by atoms with E-state index in [9.17, 15) is 4.79 Å². The van der Waals surface area contributed by atoms with E-state index < -0.39 is 5.97 Å². The summed E-state index contributed by atoms with van der Waals surface area (Å²) < 4.78 is 0. The number of aromatic amines is 1. The van der Waals surface area contributed by atoms with Crippen molar-refractivity contribution in [1.82, 2.24) is 9.97 Å². The van der Waals surface area contributed by atoms with Gasteiger partial charge in [-0.3, -0.25) is 0 Å². The quantitative estimate of drug-likeness (QED) is 0.881. The third-order valence-corrected chi connectivity index (χ3v) is 5.95. The van der Waals surface area contributed by atoms with Gasteiger partial charge in [0.05, 0.1) is 11.9 Å². The van der Waals surface area contributed by atoms with Crippen LogP contribution in [0.1, 0.15) is 73.0 Å². The van der Waals surface area contributed by atoms with E-state index >= 15 is 0 Å². The van der Waals surface area contributed by atoms with Gasteiger partial charge in [-0.05, 0) is 65.4 Å². The number of aromatic carboxylic acids is 1. The molecule has 4 nitrogen and oxygen atoms in total. The van der Waals surface area contributed by atoms with Gasteiger partial charge in [-0.2, -0.15) is 0 Å². The van der Waals surface area contributed by atoms with Crippen molar-refractivity contribution in [2.75, 3.05) is 0 Å². The minimum Gasteiger partial charge on any atom is -0.475 e. The van der Waals surface area contributed by atoms with Gasteiger partial charge in [0.25, 0.3) is 0 Å². The van der Waals surface area contributed by atoms with E-state index in [0.29, 0.717) is 16.5 Å². The second-order valence-corrected chi connectivity index (χ2v) is 7.88. The molecule has 2 unspecified atom stereocenters. The highest BCUT2D eigenvalue weighted by Gasteiger charge is 2.52. The molecule has 2 aromatic rings. The highest BCUT2D eigenvalue weighted by atomic mass is 16.4. The minimum atomic E-state index is -1.04. The second kappa shape index (κ2) is 4.82. The molecule has 4 heteroatoms. The fraction of sp³-hybridized carbons (Fsp3) is 0.400. The van der Waals surface area contributed by atoms with Crippen molar-refractivity contribution in [2.45, 2.75) is 50.9 Å². The Labute approximate surface area is 141 Å². The maximum atomic E-state index is 10.9. The molecule has 2 aliphatic carbocycles. The Morgan fingerprint density at radius 3 is 2.62 bits per heavy atom. The Bertz CT molecular complexity index is 880. The first-order valence-electron chi connectivity index (χ1n) is 8.43. The lowest BCUT2D eigenvalue weighted by molar-refractivity contribution is 0.0684. The van der Waals surface area contributed by atoms with Crippen molar-refractivity contribution >= 4 is 17.6 Å². The third-order valence-electron chi connectivity index (χ3n) is 5.95. The number of benzene rings is 1. The molecule has 0 saturated heterocycles. The van der Waals surface area contributed by atoms with Crippen LogP contribution in [0, 0.1) is 0 Å². The lowest BCUT2D eigenvalue weighted by Gasteiger charge is -2.27. The standard InChI is InChI=1S/C20H22N2O2/c1-12(8-14-10-21-17(22-14)18(23)24)13-4-5-15-16(9-13)20(3)7-6-19(15,2)11-20/h4-5,8-10H,6-7,11H2,1-3H3,(H,21,22)(H,23,24)/b12-8+. The van der Waals surface area contributed by atoms with Gasteiger partial charge in [0.1, 0.15) is 0 Å². The number of fused-ring (bicyclic) bond motifs is 5. The summed E-state index contributed by atoms with van der Waals surface area (Å²) in [6.07, 6.45) is 7.33. The molecular weight excluding hydrogens is 300 g/mol. The zero-order valence-electron chi connectivity index (χ0n) is 14.3. The Kier molecular flexibility index (Phi) is 3.05. The predicted molar refractivity (Wildman–Crippen MR) is 94.1 cm³/mol. The lowest BCUT2D eigenvalue weighted by atomic mass is 9.77. The molecule has 0 aliphatic heterocycles. The van der Waals surface area contributed by atoms with Crippen LogP contribution >= 0.6 is 0 Å². The summed E-state index contributed by atoms with van der Waals surface area (Å²) in [6, 6.07) is 6.82. The van der Waals surface area contributed by atoms with Crippen molar-refractivity contribution in [1.29, 1.82) is 0 Å². The molecule has 1 saturated carbocycles. The molecule has 2 bridgehead atoms. The number of carboxylic acid groups (broad SMARTS) is 1. The number of H-pyrrole nitrogens is 1.